The number of nitrogens with zero attached hydrogens (tertiary/aromatic N) is 1. The van der Waals surface area contributed by atoms with E-state index in [9.17, 15) is 4.79 Å². The van der Waals surface area contributed by atoms with E-state index >= 15 is 0 Å². The molecule has 0 bridgehead atoms. The van der Waals surface area contributed by atoms with Crippen LogP contribution in [0.15, 0.2) is 84.0 Å². The molecule has 1 heterocycles. The number of amides is 1. The molecule has 30 heavy (non-hydrogen) atoms. The fraction of sp³-hybridized carbons (Fsp3) is 0.167. The summed E-state index contributed by atoms with van der Waals surface area (Å²) in [6.45, 7) is 0.724. The number of carbonyl (C=O) groups is 1. The van der Waals surface area contributed by atoms with Crippen molar-refractivity contribution in [3.63, 3.8) is 0 Å². The maximum absolute atomic E-state index is 12.4. The van der Waals surface area contributed by atoms with Crippen LogP contribution in [0.2, 0.25) is 0 Å². The van der Waals surface area contributed by atoms with Gasteiger partial charge in [0.15, 0.2) is 0 Å². The maximum atomic E-state index is 12.4. The van der Waals surface area contributed by atoms with Crippen molar-refractivity contribution in [3.8, 4) is 16.9 Å². The molecule has 6 heteroatoms. The first-order valence-corrected chi connectivity index (χ1v) is 9.86. The highest BCUT2D eigenvalue weighted by Gasteiger charge is 2.26. The molecule has 0 saturated carbocycles. The molecule has 0 radical (unpaired) electrons. The van der Waals surface area contributed by atoms with Crippen LogP contribution in [-0.2, 0) is 0 Å². The van der Waals surface area contributed by atoms with Gasteiger partial charge in [0.25, 0.3) is 5.91 Å². The molecule has 2 unspecified atom stereocenters. The number of hydrogen-bond acceptors (Lipinski definition) is 5. The summed E-state index contributed by atoms with van der Waals surface area (Å²) in [6.07, 6.45) is 1.78. The molecule has 1 aliphatic rings. The number of nitrogens with one attached hydrogen (secondary N) is 3. The van der Waals surface area contributed by atoms with Gasteiger partial charge in [-0.05, 0) is 41.0 Å². The molecule has 3 aromatic carbocycles. The average Bonchev–Trinajstić information content (AvgIpc) is 3.28. The maximum Gasteiger partial charge on any atom is 0.271 e. The minimum atomic E-state index is -0.231. The number of hydrazine groups is 1. The highest BCUT2D eigenvalue weighted by Crippen LogP contribution is 2.25. The SMILES string of the molecule is COc1ccc(C2NNCC2/C=N\NC(=O)c2ccc(-c3ccccc3)cc2)cc1. The van der Waals surface area contributed by atoms with Gasteiger partial charge in [-0.25, -0.2) is 10.9 Å². The molecular formula is C24H24N4O2. The number of rotatable bonds is 6. The first kappa shape index (κ1) is 19.8. The highest BCUT2D eigenvalue weighted by molar-refractivity contribution is 5.94. The lowest BCUT2D eigenvalue weighted by Crippen LogP contribution is -2.25. The van der Waals surface area contributed by atoms with E-state index in [1.54, 1.807) is 13.3 Å². The molecule has 6 nitrogen and oxygen atoms in total. The first-order chi connectivity index (χ1) is 14.7. The van der Waals surface area contributed by atoms with Crippen LogP contribution in [0.5, 0.6) is 5.75 Å². The van der Waals surface area contributed by atoms with Crippen molar-refractivity contribution < 1.29 is 9.53 Å². The molecular weight excluding hydrogens is 376 g/mol. The van der Waals surface area contributed by atoms with Gasteiger partial charge in [0.1, 0.15) is 5.75 Å². The second kappa shape index (κ2) is 9.35. The van der Waals surface area contributed by atoms with Gasteiger partial charge in [0, 0.05) is 24.2 Å². The summed E-state index contributed by atoms with van der Waals surface area (Å²) in [7, 11) is 1.65. The molecule has 1 amide bonds. The fourth-order valence-electron chi connectivity index (χ4n) is 3.49. The molecule has 0 aromatic heterocycles. The number of hydrogen-bond donors (Lipinski definition) is 3. The summed E-state index contributed by atoms with van der Waals surface area (Å²) in [5, 5.41) is 4.19. The standard InChI is InChI=1S/C24H24N4O2/c1-30-22-13-11-19(12-14-22)23-21(15-25-27-23)16-26-28-24(29)20-9-7-18(8-10-20)17-5-3-2-4-6-17/h2-14,16,21,23,25,27H,15H2,1H3,(H,28,29)/b26-16-. The van der Waals surface area contributed by atoms with Crippen molar-refractivity contribution in [1.29, 1.82) is 0 Å². The van der Waals surface area contributed by atoms with Crippen molar-refractivity contribution in [2.45, 2.75) is 6.04 Å². The summed E-state index contributed by atoms with van der Waals surface area (Å²) in [5.74, 6) is 0.699. The second-order valence-electron chi connectivity index (χ2n) is 7.10. The average molecular weight is 400 g/mol. The lowest BCUT2D eigenvalue weighted by molar-refractivity contribution is 0.0955. The number of methoxy groups -OCH3 is 1. The van der Waals surface area contributed by atoms with Crippen molar-refractivity contribution in [2.75, 3.05) is 13.7 Å². The van der Waals surface area contributed by atoms with E-state index in [2.05, 4.69) is 21.4 Å². The lowest BCUT2D eigenvalue weighted by Gasteiger charge is -2.15. The summed E-state index contributed by atoms with van der Waals surface area (Å²) in [6, 6.07) is 25.6. The Kier molecular flexibility index (Phi) is 6.17. The van der Waals surface area contributed by atoms with Crippen LogP contribution < -0.4 is 21.0 Å². The summed E-state index contributed by atoms with van der Waals surface area (Å²) in [4.78, 5) is 12.4. The number of carbonyl (C=O) groups excluding carboxylic acids is 1. The smallest absolute Gasteiger partial charge is 0.271 e. The molecule has 0 spiro atoms. The van der Waals surface area contributed by atoms with Crippen molar-refractivity contribution in [1.82, 2.24) is 16.3 Å². The van der Waals surface area contributed by atoms with E-state index in [1.807, 2.05) is 78.9 Å². The van der Waals surface area contributed by atoms with E-state index in [4.69, 9.17) is 4.74 Å². The van der Waals surface area contributed by atoms with Gasteiger partial charge in [-0.2, -0.15) is 5.10 Å². The molecule has 0 aliphatic carbocycles. The molecule has 1 aliphatic heterocycles. The monoisotopic (exact) mass is 400 g/mol. The molecule has 4 rings (SSSR count). The topological polar surface area (TPSA) is 74.8 Å². The van der Waals surface area contributed by atoms with Gasteiger partial charge in [0.2, 0.25) is 0 Å². The largest absolute Gasteiger partial charge is 0.497 e. The van der Waals surface area contributed by atoms with Crippen molar-refractivity contribution >= 4 is 12.1 Å². The van der Waals surface area contributed by atoms with Gasteiger partial charge >= 0.3 is 0 Å². The zero-order valence-electron chi connectivity index (χ0n) is 16.7. The Hall–Kier alpha value is -3.48. The van der Waals surface area contributed by atoms with E-state index in [0.717, 1.165) is 29.0 Å². The Balaban J connectivity index is 1.36. The minimum Gasteiger partial charge on any atom is -0.497 e. The Bertz CT molecular complexity index is 1000. The minimum absolute atomic E-state index is 0.0710. The predicted octanol–water partition coefficient (Wildman–Crippen LogP) is 3.54. The molecule has 3 N–H and O–H groups in total. The Morgan fingerprint density at radius 3 is 2.40 bits per heavy atom. The predicted molar refractivity (Wildman–Crippen MR) is 118 cm³/mol. The Morgan fingerprint density at radius 1 is 1.00 bits per heavy atom. The number of hydrazone groups is 1. The number of benzene rings is 3. The van der Waals surface area contributed by atoms with Crippen LogP contribution in [0.25, 0.3) is 11.1 Å². The summed E-state index contributed by atoms with van der Waals surface area (Å²) >= 11 is 0. The normalized spacial score (nSPS) is 18.4. The summed E-state index contributed by atoms with van der Waals surface area (Å²) in [5.41, 5.74) is 12.9. The third-order valence-electron chi connectivity index (χ3n) is 5.18. The third kappa shape index (κ3) is 4.56. The Labute approximate surface area is 175 Å². The number of ether oxygens (including phenoxy) is 1. The van der Waals surface area contributed by atoms with Gasteiger partial charge in [-0.3, -0.25) is 10.2 Å². The zero-order chi connectivity index (χ0) is 20.8. The molecule has 152 valence electrons. The van der Waals surface area contributed by atoms with E-state index in [0.29, 0.717) is 5.56 Å². The van der Waals surface area contributed by atoms with Gasteiger partial charge in [-0.1, -0.05) is 54.6 Å². The molecule has 1 saturated heterocycles. The second-order valence-corrected chi connectivity index (χ2v) is 7.10. The van der Waals surface area contributed by atoms with Crippen LogP contribution in [0.3, 0.4) is 0 Å². The third-order valence-corrected chi connectivity index (χ3v) is 5.18. The van der Waals surface area contributed by atoms with Crippen LogP contribution in [0, 0.1) is 5.92 Å². The van der Waals surface area contributed by atoms with Gasteiger partial charge in [-0.15, -0.1) is 0 Å². The Morgan fingerprint density at radius 2 is 1.70 bits per heavy atom. The van der Waals surface area contributed by atoms with E-state index in [-0.39, 0.29) is 17.9 Å². The van der Waals surface area contributed by atoms with Crippen molar-refractivity contribution in [3.05, 3.63) is 90.0 Å². The lowest BCUT2D eigenvalue weighted by atomic mass is 9.96. The molecule has 2 atom stereocenters. The first-order valence-electron chi connectivity index (χ1n) is 9.86. The molecule has 1 fully saturated rings. The van der Waals surface area contributed by atoms with Gasteiger partial charge in [0.05, 0.1) is 13.2 Å². The van der Waals surface area contributed by atoms with Gasteiger partial charge < -0.3 is 4.74 Å². The van der Waals surface area contributed by atoms with E-state index in [1.165, 1.54) is 0 Å². The quantitative estimate of drug-likeness (QED) is 0.437. The van der Waals surface area contributed by atoms with Crippen LogP contribution in [-0.4, -0.2) is 25.8 Å². The zero-order valence-corrected chi connectivity index (χ0v) is 16.7. The fourth-order valence-corrected chi connectivity index (χ4v) is 3.49. The molecule has 3 aromatic rings. The summed E-state index contributed by atoms with van der Waals surface area (Å²) < 4.78 is 5.21. The van der Waals surface area contributed by atoms with Crippen LogP contribution in [0.4, 0.5) is 0 Å². The van der Waals surface area contributed by atoms with Crippen LogP contribution in [0.1, 0.15) is 22.0 Å². The highest BCUT2D eigenvalue weighted by atomic mass is 16.5. The van der Waals surface area contributed by atoms with E-state index < -0.39 is 0 Å². The van der Waals surface area contributed by atoms with Crippen LogP contribution >= 0.6 is 0 Å². The van der Waals surface area contributed by atoms with Crippen molar-refractivity contribution in [2.24, 2.45) is 11.0 Å².